The largest absolute Gasteiger partial charge is 0.368 e. The number of nitrogens with zero attached hydrogens (tertiary/aromatic N) is 5. The van der Waals surface area contributed by atoms with Crippen molar-refractivity contribution < 1.29 is 8.42 Å². The molecule has 30 heavy (non-hydrogen) atoms. The third kappa shape index (κ3) is 4.36. The number of H-pyrrole nitrogens is 1. The van der Waals surface area contributed by atoms with Crippen LogP contribution >= 0.6 is 0 Å². The Morgan fingerprint density at radius 1 is 1.30 bits per heavy atom. The molecule has 11 heteroatoms. The maximum Gasteiger partial charge on any atom is 0.221 e. The van der Waals surface area contributed by atoms with E-state index in [1.807, 2.05) is 19.9 Å². The number of hydrogen-bond donors (Lipinski definition) is 3. The Morgan fingerprint density at radius 3 is 2.93 bits per heavy atom. The summed E-state index contributed by atoms with van der Waals surface area (Å²) in [7, 11) is -3.29. The van der Waals surface area contributed by atoms with Gasteiger partial charge in [0, 0.05) is 31.5 Å². The summed E-state index contributed by atoms with van der Waals surface area (Å²) in [6.45, 7) is 4.76. The van der Waals surface area contributed by atoms with Gasteiger partial charge in [-0.15, -0.1) is 0 Å². The quantitative estimate of drug-likeness (QED) is 0.538. The third-order valence-corrected chi connectivity index (χ3v) is 7.21. The number of fused-ring (bicyclic) bond motifs is 1. The van der Waals surface area contributed by atoms with Crippen LogP contribution in [-0.4, -0.2) is 62.5 Å². The number of aromatic amines is 1. The van der Waals surface area contributed by atoms with Gasteiger partial charge in [-0.25, -0.2) is 23.4 Å². The molecule has 3 aromatic heterocycles. The molecule has 0 bridgehead atoms. The van der Waals surface area contributed by atoms with Gasteiger partial charge in [0.25, 0.3) is 0 Å². The highest BCUT2D eigenvalue weighted by molar-refractivity contribution is 7.89. The summed E-state index contributed by atoms with van der Waals surface area (Å²) < 4.78 is 26.9. The molecule has 0 aromatic carbocycles. The summed E-state index contributed by atoms with van der Waals surface area (Å²) in [6.07, 6.45) is 6.66. The minimum atomic E-state index is -3.29. The second-order valence-electron chi connectivity index (χ2n) is 7.97. The number of hydrogen-bond acceptors (Lipinski definition) is 8. The van der Waals surface area contributed by atoms with E-state index in [1.54, 1.807) is 22.9 Å². The van der Waals surface area contributed by atoms with Crippen molar-refractivity contribution in [2.24, 2.45) is 5.92 Å². The van der Waals surface area contributed by atoms with E-state index >= 15 is 0 Å². The summed E-state index contributed by atoms with van der Waals surface area (Å²) in [5, 5.41) is 3.37. The van der Waals surface area contributed by atoms with Crippen LogP contribution in [0.1, 0.15) is 26.7 Å². The van der Waals surface area contributed by atoms with Crippen LogP contribution in [0.25, 0.3) is 22.4 Å². The van der Waals surface area contributed by atoms with Gasteiger partial charge in [0.2, 0.25) is 16.0 Å². The molecule has 1 atom stereocenters. The minimum Gasteiger partial charge on any atom is -0.368 e. The van der Waals surface area contributed by atoms with Gasteiger partial charge in [0.1, 0.15) is 11.3 Å². The molecule has 4 heterocycles. The molecule has 1 aliphatic heterocycles. The topological polar surface area (TPSA) is 143 Å². The van der Waals surface area contributed by atoms with Crippen molar-refractivity contribution in [3.8, 4) is 11.3 Å². The molecule has 1 saturated heterocycles. The van der Waals surface area contributed by atoms with Crippen molar-refractivity contribution in [3.05, 3.63) is 24.7 Å². The highest BCUT2D eigenvalue weighted by atomic mass is 32.2. The van der Waals surface area contributed by atoms with Crippen LogP contribution in [0.2, 0.25) is 0 Å². The lowest BCUT2D eigenvalue weighted by atomic mass is 10.1. The first-order valence-corrected chi connectivity index (χ1v) is 11.6. The Labute approximate surface area is 175 Å². The van der Waals surface area contributed by atoms with Crippen molar-refractivity contribution in [2.75, 3.05) is 29.9 Å². The van der Waals surface area contributed by atoms with E-state index in [-0.39, 0.29) is 23.7 Å². The van der Waals surface area contributed by atoms with Gasteiger partial charge >= 0.3 is 0 Å². The zero-order chi connectivity index (χ0) is 21.3. The highest BCUT2D eigenvalue weighted by Crippen LogP contribution is 2.27. The van der Waals surface area contributed by atoms with Gasteiger partial charge < -0.3 is 16.0 Å². The Balaban J connectivity index is 1.59. The number of nitrogens with two attached hydrogens (primary N) is 1. The Hall–Kier alpha value is -2.79. The fourth-order valence-corrected chi connectivity index (χ4v) is 5.55. The smallest absolute Gasteiger partial charge is 0.221 e. The van der Waals surface area contributed by atoms with Gasteiger partial charge in [-0.3, -0.25) is 0 Å². The fourth-order valence-electron chi connectivity index (χ4n) is 3.69. The number of anilines is 2. The van der Waals surface area contributed by atoms with Crippen LogP contribution in [0.4, 0.5) is 11.8 Å². The van der Waals surface area contributed by atoms with Gasteiger partial charge in [-0.2, -0.15) is 9.29 Å². The van der Waals surface area contributed by atoms with Gasteiger partial charge in [-0.05, 0) is 24.8 Å². The first kappa shape index (κ1) is 20.5. The number of piperidine rings is 1. The molecule has 0 aliphatic carbocycles. The molecule has 1 fully saturated rings. The van der Waals surface area contributed by atoms with E-state index in [4.69, 9.17) is 5.73 Å². The summed E-state index contributed by atoms with van der Waals surface area (Å²) in [5.41, 5.74) is 8.54. The van der Waals surface area contributed by atoms with E-state index < -0.39 is 10.0 Å². The van der Waals surface area contributed by atoms with Gasteiger partial charge in [0.05, 0.1) is 23.2 Å². The fraction of sp³-hybridized carbons (Fsp3) is 0.474. The lowest BCUT2D eigenvalue weighted by molar-refractivity contribution is 0.325. The van der Waals surface area contributed by atoms with E-state index in [1.165, 1.54) is 0 Å². The van der Waals surface area contributed by atoms with Crippen LogP contribution in [0.5, 0.6) is 0 Å². The molecule has 0 saturated carbocycles. The van der Waals surface area contributed by atoms with Crippen LogP contribution in [0.3, 0.4) is 0 Å². The molecule has 1 unspecified atom stereocenters. The molecule has 0 radical (unpaired) electrons. The van der Waals surface area contributed by atoms with Crippen molar-refractivity contribution in [3.63, 3.8) is 0 Å². The highest BCUT2D eigenvalue weighted by Gasteiger charge is 2.30. The zero-order valence-electron chi connectivity index (χ0n) is 17.0. The summed E-state index contributed by atoms with van der Waals surface area (Å²) >= 11 is 0. The predicted molar refractivity (Wildman–Crippen MR) is 116 cm³/mol. The molecule has 0 spiro atoms. The van der Waals surface area contributed by atoms with Crippen molar-refractivity contribution in [1.29, 1.82) is 0 Å². The zero-order valence-corrected chi connectivity index (χ0v) is 17.9. The molecule has 10 nitrogen and oxygen atoms in total. The lowest BCUT2D eigenvalue weighted by Gasteiger charge is -2.33. The minimum absolute atomic E-state index is 0.0820. The van der Waals surface area contributed by atoms with E-state index in [9.17, 15) is 8.42 Å². The third-order valence-electron chi connectivity index (χ3n) is 5.01. The second kappa shape index (κ2) is 8.15. The number of nitrogens with one attached hydrogen (secondary N) is 2. The average Bonchev–Trinajstić information content (AvgIpc) is 3.15. The monoisotopic (exact) mass is 430 g/mol. The number of nitrogen functional groups attached to an aromatic ring is 1. The van der Waals surface area contributed by atoms with Crippen molar-refractivity contribution in [2.45, 2.75) is 32.7 Å². The number of rotatable bonds is 6. The molecule has 3 aromatic rings. The number of aromatic nitrogens is 5. The van der Waals surface area contributed by atoms with Crippen molar-refractivity contribution in [1.82, 2.24) is 29.2 Å². The molecule has 4 N–H and O–H groups in total. The van der Waals surface area contributed by atoms with E-state index in [0.717, 1.165) is 18.4 Å². The maximum absolute atomic E-state index is 12.7. The summed E-state index contributed by atoms with van der Waals surface area (Å²) in [5.74, 6) is 0.896. The van der Waals surface area contributed by atoms with Crippen LogP contribution in [0.15, 0.2) is 24.7 Å². The summed E-state index contributed by atoms with van der Waals surface area (Å²) in [6, 6.07) is 1.76. The SMILES string of the molecule is CC(C)CS(=O)(=O)N1CCCC(Nc2nc(N)ncc2-c2cnc3[nH]ccc3n2)C1. The molecule has 0 amide bonds. The Morgan fingerprint density at radius 2 is 2.13 bits per heavy atom. The van der Waals surface area contributed by atoms with Crippen LogP contribution in [0, 0.1) is 5.92 Å². The average molecular weight is 431 g/mol. The lowest BCUT2D eigenvalue weighted by Crippen LogP contribution is -2.46. The Kier molecular flexibility index (Phi) is 5.56. The molecule has 4 rings (SSSR count). The first-order chi connectivity index (χ1) is 14.3. The van der Waals surface area contributed by atoms with Crippen LogP contribution in [-0.2, 0) is 10.0 Å². The normalized spacial score (nSPS) is 18.2. The van der Waals surface area contributed by atoms with E-state index in [2.05, 4.69) is 30.2 Å². The first-order valence-electron chi connectivity index (χ1n) is 9.99. The van der Waals surface area contributed by atoms with E-state index in [0.29, 0.717) is 35.8 Å². The standard InChI is InChI=1S/C19H26N8O2S/c1-12(2)11-30(28,29)27-7-3-4-13(10-27)24-17-14(8-23-19(20)26-17)16-9-22-18-15(25-16)5-6-21-18/h5-6,8-9,12-13H,3-4,7,10-11H2,1-2H3,(H,21,22)(H3,20,23,24,26). The molecular weight excluding hydrogens is 404 g/mol. The maximum atomic E-state index is 12.7. The summed E-state index contributed by atoms with van der Waals surface area (Å²) in [4.78, 5) is 20.5. The molecule has 1 aliphatic rings. The van der Waals surface area contributed by atoms with Gasteiger partial charge in [-0.1, -0.05) is 13.8 Å². The predicted octanol–water partition coefficient (Wildman–Crippen LogP) is 1.86. The molecular formula is C19H26N8O2S. The number of sulfonamides is 1. The second-order valence-corrected chi connectivity index (χ2v) is 9.98. The van der Waals surface area contributed by atoms with Crippen LogP contribution < -0.4 is 11.1 Å². The van der Waals surface area contributed by atoms with Gasteiger partial charge in [0.15, 0.2) is 5.65 Å². The van der Waals surface area contributed by atoms with Crippen molar-refractivity contribution >= 4 is 33.0 Å². The molecule has 160 valence electrons. The Bertz CT molecular complexity index is 1140.